The van der Waals surface area contributed by atoms with Crippen molar-refractivity contribution in [1.82, 2.24) is 25.5 Å². The van der Waals surface area contributed by atoms with Crippen LogP contribution in [0.5, 0.6) is 0 Å². The van der Waals surface area contributed by atoms with Crippen LogP contribution in [0.15, 0.2) is 35.3 Å². The number of carbonyl (C=O) groups excluding carboxylic acids is 1. The highest BCUT2D eigenvalue weighted by atomic mass is 16.2. The fourth-order valence-electron chi connectivity index (χ4n) is 2.11. The first-order valence-corrected chi connectivity index (χ1v) is 7.32. The number of aromatic nitrogens is 4. The van der Waals surface area contributed by atoms with Gasteiger partial charge in [0, 0.05) is 11.5 Å². The third-order valence-electron chi connectivity index (χ3n) is 3.47. The zero-order valence-electron chi connectivity index (χ0n) is 13.5. The predicted molar refractivity (Wildman–Crippen MR) is 87.3 cm³/mol. The van der Waals surface area contributed by atoms with E-state index in [2.05, 4.69) is 25.8 Å². The zero-order valence-corrected chi connectivity index (χ0v) is 13.5. The van der Waals surface area contributed by atoms with Crippen molar-refractivity contribution in [1.29, 1.82) is 0 Å². The zero-order chi connectivity index (χ0) is 16.6. The summed E-state index contributed by atoms with van der Waals surface area (Å²) in [6, 6.07) is 7.92. The maximum Gasteiger partial charge on any atom is 0.278 e. The molecule has 1 aromatic carbocycles. The molecule has 0 fully saturated rings. The molecule has 0 aliphatic carbocycles. The van der Waals surface area contributed by atoms with Crippen molar-refractivity contribution in [3.8, 4) is 0 Å². The molecule has 2 aromatic rings. The molecule has 0 unspecified atom stereocenters. The van der Waals surface area contributed by atoms with Gasteiger partial charge in [-0.15, -0.1) is 4.68 Å². The van der Waals surface area contributed by atoms with E-state index >= 15 is 0 Å². The molecule has 1 N–H and O–H groups in total. The number of rotatable bonds is 1. The molecule has 2 heterocycles. The number of hydrogen-bond acceptors (Lipinski definition) is 6. The predicted octanol–water partition coefficient (Wildman–Crippen LogP) is 2.34. The van der Waals surface area contributed by atoms with Crippen molar-refractivity contribution in [2.24, 2.45) is 10.4 Å². The Kier molecular flexibility index (Phi) is 3.55. The van der Waals surface area contributed by atoms with E-state index in [4.69, 9.17) is 0 Å². The lowest BCUT2D eigenvalue weighted by atomic mass is 9.94. The quantitative estimate of drug-likeness (QED) is 0.817. The first kappa shape index (κ1) is 15.1. The Hall–Kier alpha value is -2.83. The van der Waals surface area contributed by atoms with Crippen molar-refractivity contribution >= 4 is 23.4 Å². The van der Waals surface area contributed by atoms with Crippen LogP contribution in [-0.2, 0) is 0 Å². The van der Waals surface area contributed by atoms with E-state index in [0.29, 0.717) is 11.5 Å². The van der Waals surface area contributed by atoms with Crippen LogP contribution in [0, 0.1) is 12.3 Å². The highest BCUT2D eigenvalue weighted by Gasteiger charge is 2.25. The molecule has 0 radical (unpaired) electrons. The number of tetrazole rings is 1. The molecule has 3 rings (SSSR count). The normalized spacial score (nSPS) is 19.6. The standard InChI is InChI=1S/C16H18N6O/c1-10-5-7-11(8-6-10)12-9-13(23)22-15(19-20-21-22)18-14(17-12)16(2,3)4/h5-9H,1-4H3,(H,17,18,19,21)/b12-9-. The van der Waals surface area contributed by atoms with Crippen molar-refractivity contribution < 1.29 is 4.79 Å². The fraction of sp³-hybridized carbons (Fsp3) is 0.312. The Morgan fingerprint density at radius 2 is 1.83 bits per heavy atom. The molecule has 118 valence electrons. The van der Waals surface area contributed by atoms with Crippen LogP contribution < -0.4 is 5.32 Å². The van der Waals surface area contributed by atoms with Gasteiger partial charge in [0.1, 0.15) is 5.84 Å². The maximum atomic E-state index is 12.4. The summed E-state index contributed by atoms with van der Waals surface area (Å²) in [5, 5.41) is 14.3. The lowest BCUT2D eigenvalue weighted by molar-refractivity contribution is 0.0954. The third kappa shape index (κ3) is 3.03. The lowest BCUT2D eigenvalue weighted by Crippen LogP contribution is -2.35. The molecule has 0 atom stereocenters. The van der Waals surface area contributed by atoms with Crippen molar-refractivity contribution in [3.05, 3.63) is 41.5 Å². The molecule has 0 saturated carbocycles. The monoisotopic (exact) mass is 310 g/mol. The summed E-state index contributed by atoms with van der Waals surface area (Å²) in [4.78, 5) is 16.8. The van der Waals surface area contributed by atoms with E-state index in [1.807, 2.05) is 52.0 Å². The topological polar surface area (TPSA) is 85.1 Å². The van der Waals surface area contributed by atoms with Gasteiger partial charge in [0.2, 0.25) is 0 Å². The minimum absolute atomic E-state index is 0.173. The van der Waals surface area contributed by atoms with Crippen LogP contribution in [0.4, 0.5) is 5.95 Å². The molecule has 0 amide bonds. The van der Waals surface area contributed by atoms with Crippen LogP contribution in [0.1, 0.15) is 36.7 Å². The third-order valence-corrected chi connectivity index (χ3v) is 3.47. The summed E-state index contributed by atoms with van der Waals surface area (Å²) in [5.41, 5.74) is 2.46. The molecular formula is C16H18N6O. The summed E-state index contributed by atoms with van der Waals surface area (Å²) in [7, 11) is 0. The molecule has 7 heteroatoms. The van der Waals surface area contributed by atoms with Gasteiger partial charge in [0.15, 0.2) is 0 Å². The number of amidine groups is 1. The van der Waals surface area contributed by atoms with Gasteiger partial charge < -0.3 is 5.32 Å². The summed E-state index contributed by atoms with van der Waals surface area (Å²) in [5.74, 6) is 0.518. The minimum Gasteiger partial charge on any atom is -0.343 e. The Morgan fingerprint density at radius 1 is 1.13 bits per heavy atom. The summed E-state index contributed by atoms with van der Waals surface area (Å²) >= 11 is 0. The van der Waals surface area contributed by atoms with Crippen molar-refractivity contribution in [3.63, 3.8) is 0 Å². The Labute approximate surface area is 134 Å². The summed E-state index contributed by atoms with van der Waals surface area (Å²) in [6.45, 7) is 8.11. The number of carbonyl (C=O) groups is 1. The summed E-state index contributed by atoms with van der Waals surface area (Å²) in [6.07, 6.45) is 1.49. The van der Waals surface area contributed by atoms with E-state index in [1.54, 1.807) is 0 Å². The van der Waals surface area contributed by atoms with Crippen LogP contribution >= 0.6 is 0 Å². The molecular weight excluding hydrogens is 292 g/mol. The van der Waals surface area contributed by atoms with Gasteiger partial charge in [-0.3, -0.25) is 4.79 Å². The Morgan fingerprint density at radius 3 is 2.48 bits per heavy atom. The van der Waals surface area contributed by atoms with Crippen LogP contribution in [0.25, 0.3) is 5.70 Å². The fourth-order valence-corrected chi connectivity index (χ4v) is 2.11. The molecule has 23 heavy (non-hydrogen) atoms. The minimum atomic E-state index is -0.343. The number of nitrogens with one attached hydrogen (secondary N) is 1. The first-order valence-electron chi connectivity index (χ1n) is 7.32. The van der Waals surface area contributed by atoms with Gasteiger partial charge >= 0.3 is 0 Å². The van der Waals surface area contributed by atoms with E-state index in [9.17, 15) is 4.79 Å². The van der Waals surface area contributed by atoms with E-state index < -0.39 is 0 Å². The molecule has 0 spiro atoms. The van der Waals surface area contributed by atoms with Crippen molar-refractivity contribution in [2.75, 3.05) is 0 Å². The van der Waals surface area contributed by atoms with Gasteiger partial charge in [-0.25, -0.2) is 0 Å². The van der Waals surface area contributed by atoms with Crippen LogP contribution in [0.3, 0.4) is 0 Å². The lowest BCUT2D eigenvalue weighted by Gasteiger charge is -2.25. The largest absolute Gasteiger partial charge is 0.343 e. The average molecular weight is 310 g/mol. The van der Waals surface area contributed by atoms with Gasteiger partial charge in [0.25, 0.3) is 11.9 Å². The molecule has 1 aliphatic heterocycles. The van der Waals surface area contributed by atoms with Crippen molar-refractivity contribution in [2.45, 2.75) is 27.7 Å². The molecule has 0 saturated heterocycles. The number of allylic oxidation sites excluding steroid dienone is 1. The number of nitrogens with zero attached hydrogens (tertiary/aromatic N) is 5. The first-order chi connectivity index (χ1) is 10.8. The SMILES string of the molecule is Cc1ccc(/C2=C/C(=O)n3nnnc3/N=C(/C(C)(C)C)N2)cc1. The number of aliphatic imine (C=N–C) groups is 1. The maximum absolute atomic E-state index is 12.4. The van der Waals surface area contributed by atoms with Gasteiger partial charge in [-0.2, -0.15) is 4.99 Å². The smallest absolute Gasteiger partial charge is 0.278 e. The highest BCUT2D eigenvalue weighted by Crippen LogP contribution is 2.23. The second kappa shape index (κ2) is 5.42. The molecule has 7 nitrogen and oxygen atoms in total. The van der Waals surface area contributed by atoms with Gasteiger partial charge in [-0.05, 0) is 22.9 Å². The molecule has 1 aromatic heterocycles. The van der Waals surface area contributed by atoms with E-state index in [0.717, 1.165) is 15.8 Å². The number of benzene rings is 1. The van der Waals surface area contributed by atoms with Gasteiger partial charge in [-0.1, -0.05) is 55.7 Å². The second-order valence-electron chi connectivity index (χ2n) is 6.49. The van der Waals surface area contributed by atoms with Crippen LogP contribution in [-0.4, -0.2) is 32.0 Å². The Balaban J connectivity index is 2.13. The Bertz CT molecular complexity index is 808. The van der Waals surface area contributed by atoms with E-state index in [1.165, 1.54) is 6.08 Å². The number of aryl methyl sites for hydroxylation is 1. The van der Waals surface area contributed by atoms with Crippen LogP contribution in [0.2, 0.25) is 0 Å². The highest BCUT2D eigenvalue weighted by molar-refractivity contribution is 6.04. The summed E-state index contributed by atoms with van der Waals surface area (Å²) < 4.78 is 1.10. The average Bonchev–Trinajstić information content (AvgIpc) is 2.91. The van der Waals surface area contributed by atoms with Gasteiger partial charge in [0.05, 0.1) is 5.70 Å². The second-order valence-corrected chi connectivity index (χ2v) is 6.49. The molecule has 1 aliphatic rings. The number of fused-ring (bicyclic) bond motifs is 1. The number of hydrogen-bond donors (Lipinski definition) is 1. The molecule has 0 bridgehead atoms. The van der Waals surface area contributed by atoms with E-state index in [-0.39, 0.29) is 17.3 Å².